The van der Waals surface area contributed by atoms with E-state index in [2.05, 4.69) is 15.3 Å². The normalized spacial score (nSPS) is 10.1. The van der Waals surface area contributed by atoms with E-state index >= 15 is 0 Å². The zero-order valence-electron chi connectivity index (χ0n) is 10.5. The largest absolute Gasteiger partial charge is 0.476 e. The fraction of sp³-hybridized carbons (Fsp3) is 0.545. The van der Waals surface area contributed by atoms with Gasteiger partial charge >= 0.3 is 0 Å². The SMILES string of the molecule is CCOc1ncnc(NCCCCC(N)=O)c1N. The lowest BCUT2D eigenvalue weighted by Crippen LogP contribution is -2.12. The highest BCUT2D eigenvalue weighted by molar-refractivity contribution is 5.73. The molecule has 0 aromatic carbocycles. The molecule has 1 amide bonds. The molecule has 7 heteroatoms. The first-order valence-electron chi connectivity index (χ1n) is 5.90. The van der Waals surface area contributed by atoms with Crippen molar-refractivity contribution in [2.45, 2.75) is 26.2 Å². The van der Waals surface area contributed by atoms with Gasteiger partial charge in [0, 0.05) is 13.0 Å². The molecule has 0 saturated carbocycles. The van der Waals surface area contributed by atoms with Gasteiger partial charge < -0.3 is 21.5 Å². The monoisotopic (exact) mass is 253 g/mol. The van der Waals surface area contributed by atoms with Crippen LogP contribution in [0.15, 0.2) is 6.33 Å². The van der Waals surface area contributed by atoms with E-state index in [1.54, 1.807) is 0 Å². The van der Waals surface area contributed by atoms with Crippen LogP contribution in [0.25, 0.3) is 0 Å². The number of carbonyl (C=O) groups excluding carboxylic acids is 1. The minimum atomic E-state index is -0.282. The third-order valence-corrected chi connectivity index (χ3v) is 2.27. The van der Waals surface area contributed by atoms with Gasteiger partial charge in [0.1, 0.15) is 12.0 Å². The van der Waals surface area contributed by atoms with E-state index in [1.807, 2.05) is 6.92 Å². The topological polar surface area (TPSA) is 116 Å². The molecule has 0 unspecified atom stereocenters. The Balaban J connectivity index is 2.42. The smallest absolute Gasteiger partial charge is 0.242 e. The molecule has 1 rings (SSSR count). The molecule has 0 bridgehead atoms. The zero-order chi connectivity index (χ0) is 13.4. The number of nitrogens with two attached hydrogens (primary N) is 2. The van der Waals surface area contributed by atoms with Gasteiger partial charge in [-0.05, 0) is 19.8 Å². The fourth-order valence-corrected chi connectivity index (χ4v) is 1.40. The van der Waals surface area contributed by atoms with Crippen LogP contribution in [0.1, 0.15) is 26.2 Å². The van der Waals surface area contributed by atoms with Crippen LogP contribution < -0.4 is 21.5 Å². The number of primary amides is 1. The van der Waals surface area contributed by atoms with Crippen molar-refractivity contribution in [2.75, 3.05) is 24.2 Å². The molecule has 0 spiro atoms. The second-order valence-electron chi connectivity index (χ2n) is 3.72. The van der Waals surface area contributed by atoms with Crippen LogP contribution in [0.4, 0.5) is 11.5 Å². The number of anilines is 2. The van der Waals surface area contributed by atoms with E-state index in [4.69, 9.17) is 16.2 Å². The van der Waals surface area contributed by atoms with Gasteiger partial charge in [0.15, 0.2) is 5.82 Å². The summed E-state index contributed by atoms with van der Waals surface area (Å²) >= 11 is 0. The maximum absolute atomic E-state index is 10.5. The predicted molar refractivity (Wildman–Crippen MR) is 69.1 cm³/mol. The van der Waals surface area contributed by atoms with E-state index in [9.17, 15) is 4.79 Å². The Bertz CT molecular complexity index is 397. The van der Waals surface area contributed by atoms with Crippen molar-refractivity contribution in [3.05, 3.63) is 6.33 Å². The molecular weight excluding hydrogens is 234 g/mol. The number of unbranched alkanes of at least 4 members (excludes halogenated alkanes) is 1. The lowest BCUT2D eigenvalue weighted by molar-refractivity contribution is -0.118. The molecule has 0 aliphatic rings. The van der Waals surface area contributed by atoms with E-state index in [0.717, 1.165) is 12.8 Å². The molecule has 0 aliphatic heterocycles. The molecule has 0 atom stereocenters. The van der Waals surface area contributed by atoms with Gasteiger partial charge in [-0.2, -0.15) is 4.98 Å². The Morgan fingerprint density at radius 2 is 2.22 bits per heavy atom. The number of nitrogens with one attached hydrogen (secondary N) is 1. The van der Waals surface area contributed by atoms with Gasteiger partial charge in [-0.3, -0.25) is 4.79 Å². The molecule has 0 aliphatic carbocycles. The van der Waals surface area contributed by atoms with Crippen molar-refractivity contribution in [1.82, 2.24) is 9.97 Å². The van der Waals surface area contributed by atoms with Crippen molar-refractivity contribution in [3.63, 3.8) is 0 Å². The summed E-state index contributed by atoms with van der Waals surface area (Å²) in [5, 5.41) is 3.08. The van der Waals surface area contributed by atoms with Crippen LogP contribution >= 0.6 is 0 Å². The third-order valence-electron chi connectivity index (χ3n) is 2.27. The van der Waals surface area contributed by atoms with E-state index < -0.39 is 0 Å². The van der Waals surface area contributed by atoms with Crippen LogP contribution in [0.2, 0.25) is 0 Å². The van der Waals surface area contributed by atoms with E-state index in [-0.39, 0.29) is 5.91 Å². The summed E-state index contributed by atoms with van der Waals surface area (Å²) in [4.78, 5) is 18.5. The molecule has 1 heterocycles. The van der Waals surface area contributed by atoms with Gasteiger partial charge in [0.05, 0.1) is 6.61 Å². The molecule has 1 aromatic heterocycles. The zero-order valence-corrected chi connectivity index (χ0v) is 10.5. The highest BCUT2D eigenvalue weighted by Gasteiger charge is 2.07. The Kier molecular flexibility index (Phi) is 5.69. The molecule has 7 nitrogen and oxygen atoms in total. The summed E-state index contributed by atoms with van der Waals surface area (Å²) < 4.78 is 5.26. The molecule has 18 heavy (non-hydrogen) atoms. The van der Waals surface area contributed by atoms with Gasteiger partial charge in [0.25, 0.3) is 0 Å². The van der Waals surface area contributed by atoms with E-state index in [0.29, 0.717) is 37.0 Å². The van der Waals surface area contributed by atoms with Crippen LogP contribution in [-0.4, -0.2) is 29.0 Å². The molecular formula is C11H19N5O2. The van der Waals surface area contributed by atoms with Gasteiger partial charge in [-0.25, -0.2) is 4.98 Å². The average molecular weight is 253 g/mol. The molecule has 0 radical (unpaired) electrons. The Morgan fingerprint density at radius 1 is 1.44 bits per heavy atom. The third kappa shape index (κ3) is 4.44. The van der Waals surface area contributed by atoms with Crippen LogP contribution in [-0.2, 0) is 4.79 Å². The first kappa shape index (κ1) is 14.0. The minimum Gasteiger partial charge on any atom is -0.476 e. The van der Waals surface area contributed by atoms with Crippen molar-refractivity contribution in [3.8, 4) is 5.88 Å². The quantitative estimate of drug-likeness (QED) is 0.582. The van der Waals surface area contributed by atoms with Gasteiger partial charge in [0.2, 0.25) is 11.8 Å². The number of ether oxygens (including phenoxy) is 1. The Morgan fingerprint density at radius 3 is 2.89 bits per heavy atom. The average Bonchev–Trinajstić information content (AvgIpc) is 2.33. The Hall–Kier alpha value is -2.05. The first-order chi connectivity index (χ1) is 8.65. The summed E-state index contributed by atoms with van der Waals surface area (Å²) in [6.45, 7) is 3.03. The number of aromatic nitrogens is 2. The number of nitrogens with zero attached hydrogens (tertiary/aromatic N) is 2. The summed E-state index contributed by atoms with van der Waals surface area (Å²) in [7, 11) is 0. The molecule has 0 saturated heterocycles. The minimum absolute atomic E-state index is 0.282. The lowest BCUT2D eigenvalue weighted by Gasteiger charge is -2.10. The van der Waals surface area contributed by atoms with Crippen LogP contribution in [0, 0.1) is 0 Å². The van der Waals surface area contributed by atoms with Crippen molar-refractivity contribution < 1.29 is 9.53 Å². The Labute approximate surface area is 106 Å². The number of nitrogen functional groups attached to an aromatic ring is 1. The highest BCUT2D eigenvalue weighted by Crippen LogP contribution is 2.24. The first-order valence-corrected chi connectivity index (χ1v) is 5.90. The number of amides is 1. The van der Waals surface area contributed by atoms with E-state index in [1.165, 1.54) is 6.33 Å². The molecule has 100 valence electrons. The molecule has 5 N–H and O–H groups in total. The highest BCUT2D eigenvalue weighted by atomic mass is 16.5. The summed E-state index contributed by atoms with van der Waals surface area (Å²) in [6.07, 6.45) is 3.35. The second-order valence-corrected chi connectivity index (χ2v) is 3.72. The van der Waals surface area contributed by atoms with Crippen LogP contribution in [0.3, 0.4) is 0 Å². The van der Waals surface area contributed by atoms with Crippen molar-refractivity contribution >= 4 is 17.4 Å². The van der Waals surface area contributed by atoms with Crippen LogP contribution in [0.5, 0.6) is 5.88 Å². The maximum Gasteiger partial charge on any atom is 0.242 e. The summed E-state index contributed by atoms with van der Waals surface area (Å²) in [5.74, 6) is 0.648. The van der Waals surface area contributed by atoms with Crippen molar-refractivity contribution in [2.24, 2.45) is 5.73 Å². The number of rotatable bonds is 8. The second kappa shape index (κ2) is 7.31. The number of hydrogen-bond donors (Lipinski definition) is 3. The van der Waals surface area contributed by atoms with Gasteiger partial charge in [-0.1, -0.05) is 0 Å². The standard InChI is InChI=1S/C11H19N5O2/c1-2-18-11-9(13)10(15-7-16-11)14-6-4-3-5-8(12)17/h7H,2-6,13H2,1H3,(H2,12,17)(H,14,15,16). The summed E-state index contributed by atoms with van der Waals surface area (Å²) in [5.41, 5.74) is 11.3. The maximum atomic E-state index is 10.5. The fourth-order valence-electron chi connectivity index (χ4n) is 1.40. The summed E-state index contributed by atoms with van der Waals surface area (Å²) in [6, 6.07) is 0. The van der Waals surface area contributed by atoms with Gasteiger partial charge in [-0.15, -0.1) is 0 Å². The van der Waals surface area contributed by atoms with Crippen molar-refractivity contribution in [1.29, 1.82) is 0 Å². The number of hydrogen-bond acceptors (Lipinski definition) is 6. The molecule has 0 fully saturated rings. The molecule has 1 aromatic rings. The lowest BCUT2D eigenvalue weighted by atomic mass is 10.2. The predicted octanol–water partition coefficient (Wildman–Crippen LogP) is 0.525. The number of carbonyl (C=O) groups is 1.